The third-order valence-electron chi connectivity index (χ3n) is 4.94. The smallest absolute Gasteiger partial charge is 0.306 e. The van der Waals surface area contributed by atoms with Crippen LogP contribution in [-0.4, -0.2) is 47.7 Å². The molecule has 1 aromatic rings. The molecule has 3 rings (SSSR count). The maximum absolute atomic E-state index is 13.3. The van der Waals surface area contributed by atoms with Gasteiger partial charge in [-0.3, -0.25) is 9.59 Å². The van der Waals surface area contributed by atoms with Gasteiger partial charge in [-0.15, -0.1) is 11.3 Å². The number of carbonyl (C=O) groups excluding carboxylic acids is 1. The van der Waals surface area contributed by atoms with Crippen LogP contribution in [0.1, 0.15) is 43.4 Å². The molecule has 1 aliphatic heterocycles. The van der Waals surface area contributed by atoms with Gasteiger partial charge in [0.1, 0.15) is 0 Å². The van der Waals surface area contributed by atoms with Crippen LogP contribution >= 0.6 is 11.3 Å². The molecule has 0 unspecified atom stereocenters. The van der Waals surface area contributed by atoms with Gasteiger partial charge in [0.25, 0.3) is 0 Å². The van der Waals surface area contributed by atoms with E-state index in [-0.39, 0.29) is 12.3 Å². The summed E-state index contributed by atoms with van der Waals surface area (Å²) in [6.45, 7) is 1.37. The maximum atomic E-state index is 13.3. The normalized spacial score (nSPS) is 24.3. The van der Waals surface area contributed by atoms with Gasteiger partial charge >= 0.3 is 5.97 Å². The first kappa shape index (κ1) is 16.5. The number of hydrogen-bond acceptors (Lipinski definition) is 4. The Balaban J connectivity index is 1.79. The van der Waals surface area contributed by atoms with Gasteiger partial charge in [-0.1, -0.05) is 25.3 Å². The van der Waals surface area contributed by atoms with E-state index in [0.717, 1.165) is 30.6 Å². The van der Waals surface area contributed by atoms with Crippen molar-refractivity contribution in [2.45, 2.75) is 50.0 Å². The Morgan fingerprint density at radius 3 is 2.78 bits per heavy atom. The van der Waals surface area contributed by atoms with Crippen LogP contribution in [0.5, 0.6) is 0 Å². The summed E-state index contributed by atoms with van der Waals surface area (Å²) in [6.07, 6.45) is 4.69. The Hall–Kier alpha value is -1.40. The van der Waals surface area contributed by atoms with Crippen molar-refractivity contribution in [2.24, 2.45) is 0 Å². The summed E-state index contributed by atoms with van der Waals surface area (Å²) in [4.78, 5) is 27.2. The first-order valence-electron chi connectivity index (χ1n) is 8.28. The molecule has 1 saturated heterocycles. The molecule has 1 amide bonds. The van der Waals surface area contributed by atoms with Crippen LogP contribution in [0.4, 0.5) is 0 Å². The maximum Gasteiger partial charge on any atom is 0.306 e. The van der Waals surface area contributed by atoms with Gasteiger partial charge in [0.05, 0.1) is 24.5 Å². The van der Waals surface area contributed by atoms with E-state index in [4.69, 9.17) is 9.84 Å². The molecule has 1 N–H and O–H groups in total. The molecule has 5 nitrogen and oxygen atoms in total. The van der Waals surface area contributed by atoms with Crippen molar-refractivity contribution in [3.05, 3.63) is 22.4 Å². The summed E-state index contributed by atoms with van der Waals surface area (Å²) in [5, 5.41) is 11.0. The lowest BCUT2D eigenvalue weighted by atomic mass is 9.71. The van der Waals surface area contributed by atoms with Gasteiger partial charge in [0.2, 0.25) is 5.91 Å². The average Bonchev–Trinajstić information content (AvgIpc) is 3.09. The highest BCUT2D eigenvalue weighted by molar-refractivity contribution is 7.10. The first-order valence-corrected chi connectivity index (χ1v) is 9.16. The molecule has 23 heavy (non-hydrogen) atoms. The van der Waals surface area contributed by atoms with Crippen molar-refractivity contribution in [1.82, 2.24) is 4.90 Å². The van der Waals surface area contributed by atoms with Crippen LogP contribution in [0, 0.1) is 0 Å². The molecule has 2 fully saturated rings. The lowest BCUT2D eigenvalue weighted by Crippen LogP contribution is -2.53. The fourth-order valence-electron chi connectivity index (χ4n) is 3.80. The number of aliphatic carboxylic acids is 1. The number of carboxylic acid groups (broad SMARTS) is 1. The zero-order valence-corrected chi connectivity index (χ0v) is 14.0. The highest BCUT2D eigenvalue weighted by Crippen LogP contribution is 2.43. The molecule has 0 bridgehead atoms. The molecule has 6 heteroatoms. The number of morpholine rings is 1. The molecular formula is C17H23NO4S. The molecule has 0 radical (unpaired) electrons. The van der Waals surface area contributed by atoms with Gasteiger partial charge < -0.3 is 14.7 Å². The number of nitrogens with zero attached hydrogens (tertiary/aromatic N) is 1. The highest BCUT2D eigenvalue weighted by Gasteiger charge is 2.45. The second kappa shape index (κ2) is 7.01. The van der Waals surface area contributed by atoms with E-state index in [2.05, 4.69) is 6.07 Å². The lowest BCUT2D eigenvalue weighted by molar-refractivity contribution is -0.151. The Labute approximate surface area is 140 Å². The number of carboxylic acids is 1. The lowest BCUT2D eigenvalue weighted by Gasteiger charge is -2.42. The summed E-state index contributed by atoms with van der Waals surface area (Å²) in [5.74, 6) is -0.715. The molecule has 2 heterocycles. The summed E-state index contributed by atoms with van der Waals surface area (Å²) < 4.78 is 5.51. The summed E-state index contributed by atoms with van der Waals surface area (Å²) >= 11 is 1.66. The fourth-order valence-corrected chi connectivity index (χ4v) is 4.77. The Morgan fingerprint density at radius 1 is 1.35 bits per heavy atom. The number of carbonyl (C=O) groups is 2. The summed E-state index contributed by atoms with van der Waals surface area (Å²) in [6, 6.07) is 4.08. The first-order chi connectivity index (χ1) is 11.1. The highest BCUT2D eigenvalue weighted by atomic mass is 32.1. The minimum atomic E-state index is -0.880. The van der Waals surface area contributed by atoms with Crippen molar-refractivity contribution in [3.8, 4) is 0 Å². The number of ether oxygens (including phenoxy) is 1. The molecule has 2 aliphatic rings. The van der Waals surface area contributed by atoms with Gasteiger partial charge in [-0.05, 0) is 24.3 Å². The Morgan fingerprint density at radius 2 is 2.13 bits per heavy atom. The van der Waals surface area contributed by atoms with Crippen LogP contribution < -0.4 is 0 Å². The van der Waals surface area contributed by atoms with Crippen LogP contribution in [-0.2, 0) is 19.7 Å². The second-order valence-electron chi connectivity index (χ2n) is 6.46. The van der Waals surface area contributed by atoms with Crippen molar-refractivity contribution in [3.63, 3.8) is 0 Å². The number of hydrogen-bond donors (Lipinski definition) is 1. The minimum absolute atomic E-state index is 0.0459. The monoisotopic (exact) mass is 337 g/mol. The Bertz CT molecular complexity index is 551. The second-order valence-corrected chi connectivity index (χ2v) is 7.41. The van der Waals surface area contributed by atoms with E-state index in [9.17, 15) is 9.59 Å². The average molecular weight is 337 g/mol. The molecule has 1 aliphatic carbocycles. The Kier molecular flexibility index (Phi) is 5.02. The van der Waals surface area contributed by atoms with Gasteiger partial charge in [0, 0.05) is 18.0 Å². The number of thiophene rings is 1. The fraction of sp³-hybridized carbons (Fsp3) is 0.647. The number of rotatable bonds is 4. The predicted molar refractivity (Wildman–Crippen MR) is 87.7 cm³/mol. The molecule has 1 aromatic heterocycles. The molecule has 1 saturated carbocycles. The van der Waals surface area contributed by atoms with Crippen LogP contribution in [0.25, 0.3) is 0 Å². The largest absolute Gasteiger partial charge is 0.481 e. The number of amides is 1. The van der Waals surface area contributed by atoms with Crippen molar-refractivity contribution < 1.29 is 19.4 Å². The van der Waals surface area contributed by atoms with E-state index in [1.807, 2.05) is 16.3 Å². The van der Waals surface area contributed by atoms with Gasteiger partial charge in [-0.25, -0.2) is 0 Å². The molecule has 1 atom stereocenters. The molecule has 0 spiro atoms. The quantitative estimate of drug-likeness (QED) is 0.917. The van der Waals surface area contributed by atoms with E-state index in [1.54, 1.807) is 11.3 Å². The minimum Gasteiger partial charge on any atom is -0.481 e. The van der Waals surface area contributed by atoms with Crippen LogP contribution in [0.3, 0.4) is 0 Å². The van der Waals surface area contributed by atoms with Crippen LogP contribution in [0.15, 0.2) is 17.5 Å². The van der Waals surface area contributed by atoms with Crippen LogP contribution in [0.2, 0.25) is 0 Å². The topological polar surface area (TPSA) is 66.8 Å². The van der Waals surface area contributed by atoms with Crippen molar-refractivity contribution >= 4 is 23.2 Å². The van der Waals surface area contributed by atoms with E-state index in [0.29, 0.717) is 19.7 Å². The standard InChI is InChI=1S/C17H23NO4S/c19-15(20)11-13-12-18(8-9-22-13)16(21)17(6-2-1-3-7-17)14-5-4-10-23-14/h4-5,10,13H,1-3,6-9,11-12H2,(H,19,20)/t13-/m0/s1. The SMILES string of the molecule is O=C(O)C[C@H]1CN(C(=O)C2(c3cccs3)CCCCC2)CCO1. The predicted octanol–water partition coefficient (Wildman–Crippen LogP) is 2.65. The van der Waals surface area contributed by atoms with Crippen molar-refractivity contribution in [1.29, 1.82) is 0 Å². The van der Waals surface area contributed by atoms with Gasteiger partial charge in [-0.2, -0.15) is 0 Å². The van der Waals surface area contributed by atoms with Crippen molar-refractivity contribution in [2.75, 3.05) is 19.7 Å². The van der Waals surface area contributed by atoms with Gasteiger partial charge in [0.15, 0.2) is 0 Å². The zero-order chi connectivity index (χ0) is 16.3. The van der Waals surface area contributed by atoms with E-state index in [1.165, 1.54) is 6.42 Å². The third-order valence-corrected chi connectivity index (χ3v) is 6.01. The molecular weight excluding hydrogens is 314 g/mol. The summed E-state index contributed by atoms with van der Waals surface area (Å²) in [5.41, 5.74) is -0.405. The molecule has 126 valence electrons. The van der Waals surface area contributed by atoms with E-state index >= 15 is 0 Å². The zero-order valence-electron chi connectivity index (χ0n) is 13.2. The van der Waals surface area contributed by atoms with E-state index < -0.39 is 17.5 Å². The molecule has 0 aromatic carbocycles. The summed E-state index contributed by atoms with van der Waals surface area (Å²) in [7, 11) is 0. The third kappa shape index (κ3) is 3.43.